The first-order valence-electron chi connectivity index (χ1n) is 25.8. The smallest absolute Gasteiger partial charge is 0.220 e. The lowest BCUT2D eigenvalue weighted by Gasteiger charge is -2.46. The number of aliphatic hydroxyl groups is 8. The van der Waals surface area contributed by atoms with Crippen LogP contribution >= 0.6 is 0 Å². The fourth-order valence-corrected chi connectivity index (χ4v) is 8.83. The molecule has 63 heavy (non-hydrogen) atoms. The summed E-state index contributed by atoms with van der Waals surface area (Å²) in [6.07, 6.45) is 20.2. The maximum Gasteiger partial charge on any atom is 0.220 e. The van der Waals surface area contributed by atoms with Gasteiger partial charge in [0.2, 0.25) is 5.91 Å². The summed E-state index contributed by atoms with van der Waals surface area (Å²) in [5.41, 5.74) is 0. The molecule has 2 aliphatic rings. The summed E-state index contributed by atoms with van der Waals surface area (Å²) in [4.78, 5) is 13.1. The lowest BCUT2D eigenvalue weighted by molar-refractivity contribution is -0.359. The first-order valence-corrected chi connectivity index (χ1v) is 25.8. The first-order chi connectivity index (χ1) is 30.6. The molecule has 0 aromatic heterocycles. The fraction of sp³-hybridized carbons (Fsp3) is 0.980. The zero-order chi connectivity index (χ0) is 46.1. The van der Waals surface area contributed by atoms with E-state index in [1.807, 2.05) is 0 Å². The molecule has 0 aliphatic carbocycles. The van der Waals surface area contributed by atoms with Crippen LogP contribution in [-0.2, 0) is 23.7 Å². The SMILES string of the molecule is CCCCCCCCCCCCCCCCCCCCCCCCCC(=O)NC(COC1OC(CO)C(OC2OC(CO)C(O)C(O)C2O)C(O)C1O)C(O)CCCCCCCC. The van der Waals surface area contributed by atoms with E-state index < -0.39 is 86.8 Å². The Kier molecular flexibility index (Phi) is 34.2. The molecule has 1 amide bonds. The largest absolute Gasteiger partial charge is 0.394 e. The highest BCUT2D eigenvalue weighted by atomic mass is 16.7. The van der Waals surface area contributed by atoms with Crippen LogP contribution < -0.4 is 5.32 Å². The maximum atomic E-state index is 13.1. The number of hydrogen-bond donors (Lipinski definition) is 9. The molecular formula is C49H95NO13. The van der Waals surface area contributed by atoms with Crippen molar-refractivity contribution in [3.05, 3.63) is 0 Å². The number of carbonyl (C=O) groups excluding carboxylic acids is 1. The number of unbranched alkanes of at least 4 members (excludes halogenated alkanes) is 27. The summed E-state index contributed by atoms with van der Waals surface area (Å²) in [6.45, 7) is 2.79. The highest BCUT2D eigenvalue weighted by molar-refractivity contribution is 5.76. The van der Waals surface area contributed by atoms with Crippen molar-refractivity contribution in [1.29, 1.82) is 0 Å². The highest BCUT2D eigenvalue weighted by Crippen LogP contribution is 2.30. The van der Waals surface area contributed by atoms with E-state index >= 15 is 0 Å². The van der Waals surface area contributed by atoms with Gasteiger partial charge in [-0.05, 0) is 12.8 Å². The zero-order valence-corrected chi connectivity index (χ0v) is 39.6. The average Bonchev–Trinajstić information content (AvgIpc) is 3.28. The van der Waals surface area contributed by atoms with E-state index in [1.54, 1.807) is 0 Å². The molecule has 2 fully saturated rings. The Morgan fingerprint density at radius 1 is 0.508 bits per heavy atom. The predicted octanol–water partition coefficient (Wildman–Crippen LogP) is 6.61. The Morgan fingerprint density at radius 2 is 0.905 bits per heavy atom. The highest BCUT2D eigenvalue weighted by Gasteiger charge is 2.51. The minimum atomic E-state index is -1.78. The topological polar surface area (TPSA) is 228 Å². The second kappa shape index (κ2) is 37.0. The summed E-state index contributed by atoms with van der Waals surface area (Å²) in [5.74, 6) is -0.208. The van der Waals surface area contributed by atoms with Crippen molar-refractivity contribution >= 4 is 5.91 Å². The average molecular weight is 906 g/mol. The molecule has 0 aromatic rings. The van der Waals surface area contributed by atoms with Gasteiger partial charge in [-0.15, -0.1) is 0 Å². The summed E-state index contributed by atoms with van der Waals surface area (Å²) >= 11 is 0. The number of aliphatic hydroxyl groups excluding tert-OH is 8. The number of hydrogen-bond acceptors (Lipinski definition) is 13. The van der Waals surface area contributed by atoms with Gasteiger partial charge in [0.25, 0.3) is 0 Å². The third-order valence-electron chi connectivity index (χ3n) is 13.1. The molecule has 0 saturated carbocycles. The van der Waals surface area contributed by atoms with E-state index in [1.165, 1.54) is 122 Å². The molecule has 0 bridgehead atoms. The summed E-state index contributed by atoms with van der Waals surface area (Å²) in [7, 11) is 0. The molecule has 2 saturated heterocycles. The molecule has 12 atom stereocenters. The quantitative estimate of drug-likeness (QED) is 0.0296. The van der Waals surface area contributed by atoms with Gasteiger partial charge in [0.05, 0.1) is 32.0 Å². The molecule has 9 N–H and O–H groups in total. The molecule has 14 nitrogen and oxygen atoms in total. The van der Waals surface area contributed by atoms with E-state index in [0.29, 0.717) is 12.8 Å². The Morgan fingerprint density at radius 3 is 1.35 bits per heavy atom. The van der Waals surface area contributed by atoms with Crippen LogP contribution in [0.4, 0.5) is 0 Å². The van der Waals surface area contributed by atoms with E-state index in [2.05, 4.69) is 19.2 Å². The predicted molar refractivity (Wildman–Crippen MR) is 245 cm³/mol. The van der Waals surface area contributed by atoms with Crippen molar-refractivity contribution in [2.24, 2.45) is 0 Å². The fourth-order valence-electron chi connectivity index (χ4n) is 8.83. The minimum Gasteiger partial charge on any atom is -0.394 e. The van der Waals surface area contributed by atoms with Gasteiger partial charge in [-0.25, -0.2) is 0 Å². The maximum absolute atomic E-state index is 13.1. The van der Waals surface area contributed by atoms with E-state index in [0.717, 1.165) is 64.2 Å². The number of carbonyl (C=O) groups is 1. The van der Waals surface area contributed by atoms with E-state index in [-0.39, 0.29) is 12.5 Å². The van der Waals surface area contributed by atoms with Crippen molar-refractivity contribution in [1.82, 2.24) is 5.32 Å². The van der Waals surface area contributed by atoms with Crippen LogP contribution in [0.3, 0.4) is 0 Å². The van der Waals surface area contributed by atoms with Crippen LogP contribution in [0, 0.1) is 0 Å². The van der Waals surface area contributed by atoms with Gasteiger partial charge < -0.3 is 65.1 Å². The Bertz CT molecular complexity index is 1070. The summed E-state index contributed by atoms with van der Waals surface area (Å²) in [6, 6.07) is -0.818. The minimum absolute atomic E-state index is 0.208. The third-order valence-corrected chi connectivity index (χ3v) is 13.1. The van der Waals surface area contributed by atoms with Crippen LogP contribution in [-0.4, -0.2) is 140 Å². The Hall–Kier alpha value is -1.01. The molecule has 2 rings (SSSR count). The number of nitrogens with one attached hydrogen (secondary N) is 1. The molecule has 14 heteroatoms. The molecule has 374 valence electrons. The third kappa shape index (κ3) is 24.5. The Labute approximate surface area is 381 Å². The second-order valence-electron chi connectivity index (χ2n) is 18.7. The first kappa shape index (κ1) is 58.1. The van der Waals surface area contributed by atoms with Crippen molar-refractivity contribution in [3.63, 3.8) is 0 Å². The molecule has 2 heterocycles. The van der Waals surface area contributed by atoms with Crippen molar-refractivity contribution < 1.29 is 64.6 Å². The van der Waals surface area contributed by atoms with Crippen LogP contribution in [0.5, 0.6) is 0 Å². The van der Waals surface area contributed by atoms with Gasteiger partial charge in [-0.1, -0.05) is 194 Å². The van der Waals surface area contributed by atoms with Crippen molar-refractivity contribution in [2.45, 2.75) is 286 Å². The lowest BCUT2D eigenvalue weighted by Crippen LogP contribution is -2.65. The van der Waals surface area contributed by atoms with Crippen molar-refractivity contribution in [2.75, 3.05) is 19.8 Å². The Balaban J connectivity index is 1.68. The molecule has 12 unspecified atom stereocenters. The monoisotopic (exact) mass is 906 g/mol. The van der Waals surface area contributed by atoms with Gasteiger partial charge in [0.1, 0.15) is 48.8 Å². The normalized spacial score (nSPS) is 27.4. The van der Waals surface area contributed by atoms with Crippen molar-refractivity contribution in [3.8, 4) is 0 Å². The van der Waals surface area contributed by atoms with Gasteiger partial charge in [0.15, 0.2) is 12.6 Å². The second-order valence-corrected chi connectivity index (χ2v) is 18.7. The summed E-state index contributed by atoms with van der Waals surface area (Å²) < 4.78 is 22.6. The van der Waals surface area contributed by atoms with Gasteiger partial charge >= 0.3 is 0 Å². The molecule has 0 spiro atoms. The van der Waals surface area contributed by atoms with E-state index in [9.17, 15) is 45.6 Å². The number of rotatable bonds is 40. The number of ether oxygens (including phenoxy) is 4. The molecular weight excluding hydrogens is 811 g/mol. The molecule has 0 radical (unpaired) electrons. The molecule has 0 aromatic carbocycles. The summed E-state index contributed by atoms with van der Waals surface area (Å²) in [5, 5.41) is 86.4. The van der Waals surface area contributed by atoms with Gasteiger partial charge in [-0.3, -0.25) is 4.79 Å². The zero-order valence-electron chi connectivity index (χ0n) is 39.6. The van der Waals surface area contributed by atoms with Crippen LogP contribution in [0.15, 0.2) is 0 Å². The van der Waals surface area contributed by atoms with E-state index in [4.69, 9.17) is 18.9 Å². The van der Waals surface area contributed by atoms with Gasteiger partial charge in [-0.2, -0.15) is 0 Å². The van der Waals surface area contributed by atoms with Crippen LogP contribution in [0.1, 0.15) is 213 Å². The lowest BCUT2D eigenvalue weighted by atomic mass is 9.97. The standard InChI is InChI=1S/C49H95NO13/c1-3-5-7-9-11-12-13-14-15-16-17-18-19-20-21-22-23-24-25-26-27-29-31-33-41(54)50-37(38(53)32-30-28-10-8-6-4-2)36-60-48-46(59)44(57)47(40(35-52)62-48)63-49-45(58)43(56)42(55)39(34-51)61-49/h37-40,42-49,51-53,55-59H,3-36H2,1-2H3,(H,50,54). The van der Waals surface area contributed by atoms with Crippen LogP contribution in [0.2, 0.25) is 0 Å². The molecule has 2 aliphatic heterocycles. The van der Waals surface area contributed by atoms with Crippen LogP contribution in [0.25, 0.3) is 0 Å². The van der Waals surface area contributed by atoms with Gasteiger partial charge in [0, 0.05) is 6.42 Å². The number of amides is 1.